The van der Waals surface area contributed by atoms with E-state index in [1.54, 1.807) is 85.9 Å². The van der Waals surface area contributed by atoms with Crippen molar-refractivity contribution < 1.29 is 64.6 Å². The Morgan fingerprint density at radius 1 is 0.377 bits per heavy atom. The number of rotatable bonds is 17. The number of phenols is 2. The maximum Gasteiger partial charge on any atom is 0.175 e. The Hall–Kier alpha value is -14.0. The Balaban J connectivity index is 0.000000123. The summed E-state index contributed by atoms with van der Waals surface area (Å²) in [5, 5.41) is 56.6. The minimum absolute atomic E-state index is 0.113. The van der Waals surface area contributed by atoms with Crippen molar-refractivity contribution in [3.8, 4) is 63.2 Å². The van der Waals surface area contributed by atoms with Crippen molar-refractivity contribution in [2.24, 2.45) is 0 Å². The summed E-state index contributed by atoms with van der Waals surface area (Å²) >= 11 is 6.11. The summed E-state index contributed by atoms with van der Waals surface area (Å²) in [5.41, 5.74) is 14.6. The molecule has 0 saturated carbocycles. The van der Waals surface area contributed by atoms with Gasteiger partial charge >= 0.3 is 0 Å². The molecule has 122 heavy (non-hydrogen) atoms. The third-order valence-corrected chi connectivity index (χ3v) is 22.3. The van der Waals surface area contributed by atoms with E-state index in [0.29, 0.717) is 126 Å². The van der Waals surface area contributed by atoms with Crippen LogP contribution >= 0.6 is 11.6 Å². The second-order valence-electron chi connectivity index (χ2n) is 29.6. The van der Waals surface area contributed by atoms with Gasteiger partial charge in [0.2, 0.25) is 0 Å². The predicted molar refractivity (Wildman–Crippen MR) is 464 cm³/mol. The van der Waals surface area contributed by atoms with Gasteiger partial charge in [-0.1, -0.05) is 72.3 Å². The van der Waals surface area contributed by atoms with Crippen molar-refractivity contribution >= 4 is 109 Å². The van der Waals surface area contributed by atoms with E-state index in [2.05, 4.69) is 65.6 Å². The first-order valence-electron chi connectivity index (χ1n) is 38.9. The second kappa shape index (κ2) is 36.3. The fraction of sp³-hybridized carbons (Fsp3) is 0.183. The normalized spacial score (nSPS) is 12.5. The van der Waals surface area contributed by atoms with E-state index in [1.807, 2.05) is 146 Å². The molecule has 0 radical (unpaired) electrons. The number of H-pyrrole nitrogens is 4. The summed E-state index contributed by atoms with van der Waals surface area (Å²) in [6.45, 7) is 18.6. The van der Waals surface area contributed by atoms with Gasteiger partial charge in [0.1, 0.15) is 52.8 Å². The SMILES string of the molecule is Cc1cc2c(Cl)cnnc2cc1OCc1ccccc1.Cc1cc2c(F)c(O)ccc2[nH]1.Cc1cc2c(F)c(Oc3cnnc4cc(O)c(C)cc34)ccc2[nH]1.Cc1cc2c(F)c(Oc3cnnc4cc(OCCCN5CCS(=O)(=O)CC5)c(C)cc34)ccc2[nH]1.Cc1cc2c(F)c(Oc3cnnc4cc(OCc5ccccc5)c(C)cc34)ccc2[nH]1. The molecule has 29 heteroatoms. The lowest BCUT2D eigenvalue weighted by Gasteiger charge is -2.26. The quantitative estimate of drug-likeness (QED) is 0.0365. The molecule has 19 rings (SSSR count). The van der Waals surface area contributed by atoms with Crippen molar-refractivity contribution in [3.05, 3.63) is 291 Å². The molecule has 0 bridgehead atoms. The number of aryl methyl sites for hydroxylation is 8. The number of hydrogen-bond donors (Lipinski definition) is 6. The minimum atomic E-state index is -2.87. The number of ether oxygens (including phenoxy) is 6. The summed E-state index contributed by atoms with van der Waals surface area (Å²) < 4.78 is 116. The van der Waals surface area contributed by atoms with E-state index in [1.165, 1.54) is 30.7 Å². The number of nitrogens with one attached hydrogen (secondary N) is 4. The maximum absolute atomic E-state index is 15.0. The summed E-state index contributed by atoms with van der Waals surface area (Å²) in [4.78, 5) is 14.5. The average Bonchev–Trinajstić information content (AvgIpc) is 1.65. The highest BCUT2D eigenvalue weighted by molar-refractivity contribution is 7.91. The number of benzene rings is 10. The largest absolute Gasteiger partial charge is 0.508 e. The van der Waals surface area contributed by atoms with Crippen molar-refractivity contribution in [1.82, 2.24) is 65.6 Å². The Morgan fingerprint density at radius 2 is 0.730 bits per heavy atom. The molecule has 1 fully saturated rings. The number of hydrogen-bond acceptors (Lipinski definition) is 19. The maximum atomic E-state index is 15.0. The molecule has 0 amide bonds. The van der Waals surface area contributed by atoms with E-state index in [4.69, 9.17) is 45.1 Å². The first-order valence-corrected chi connectivity index (χ1v) is 41.1. The van der Waals surface area contributed by atoms with Gasteiger partial charge in [0.25, 0.3) is 0 Å². The Kier molecular flexibility index (Phi) is 24.7. The highest BCUT2D eigenvalue weighted by Crippen LogP contribution is 2.41. The molecule has 18 aromatic rings. The number of aromatic nitrogens is 12. The zero-order valence-electron chi connectivity index (χ0n) is 67.5. The predicted octanol–water partition coefficient (Wildman–Crippen LogP) is 21.3. The van der Waals surface area contributed by atoms with Gasteiger partial charge in [0.15, 0.2) is 73.4 Å². The highest BCUT2D eigenvalue weighted by Gasteiger charge is 2.23. The van der Waals surface area contributed by atoms with E-state index in [-0.39, 0.29) is 40.3 Å². The van der Waals surface area contributed by atoms with Crippen LogP contribution in [-0.4, -0.2) is 122 Å². The Bertz CT molecular complexity index is 7030. The second-order valence-corrected chi connectivity index (χ2v) is 32.3. The summed E-state index contributed by atoms with van der Waals surface area (Å²) in [7, 11) is -2.87. The number of phenolic OH excluding ortho intramolecular Hbond substituents is 2. The molecular weight excluding hydrogens is 1600 g/mol. The molecule has 6 N–H and O–H groups in total. The van der Waals surface area contributed by atoms with Crippen LogP contribution in [0, 0.1) is 78.7 Å². The van der Waals surface area contributed by atoms with Crippen LogP contribution in [0.3, 0.4) is 0 Å². The van der Waals surface area contributed by atoms with E-state index in [0.717, 1.165) is 102 Å². The highest BCUT2D eigenvalue weighted by atomic mass is 35.5. The first-order chi connectivity index (χ1) is 58.8. The van der Waals surface area contributed by atoms with Crippen molar-refractivity contribution in [3.63, 3.8) is 0 Å². The van der Waals surface area contributed by atoms with Crippen LogP contribution in [0.15, 0.2) is 207 Å². The molecule has 8 aromatic heterocycles. The van der Waals surface area contributed by atoms with Gasteiger partial charge in [-0.25, -0.2) is 26.0 Å². The number of aromatic hydroxyl groups is 2. The first kappa shape index (κ1) is 83.1. The Labute approximate surface area is 702 Å². The lowest BCUT2D eigenvalue weighted by Crippen LogP contribution is -2.40. The molecular formula is C93H82ClF4N13O10S. The van der Waals surface area contributed by atoms with Gasteiger partial charge in [-0.05, 0) is 192 Å². The summed E-state index contributed by atoms with van der Waals surface area (Å²) in [6, 6.07) is 54.7. The van der Waals surface area contributed by atoms with Gasteiger partial charge in [-0.15, -0.1) is 0 Å². The van der Waals surface area contributed by atoms with Crippen molar-refractivity contribution in [1.29, 1.82) is 0 Å². The number of aromatic amines is 4. The minimum Gasteiger partial charge on any atom is -0.508 e. The van der Waals surface area contributed by atoms with Crippen LogP contribution in [0.2, 0.25) is 5.02 Å². The topological polar surface area (TPSA) is 300 Å². The third-order valence-electron chi connectivity index (χ3n) is 20.4. The molecule has 1 saturated heterocycles. The van der Waals surface area contributed by atoms with E-state index in [9.17, 15) is 26.7 Å². The van der Waals surface area contributed by atoms with Crippen molar-refractivity contribution in [2.45, 2.75) is 75.0 Å². The number of fused-ring (bicyclic) bond motifs is 8. The van der Waals surface area contributed by atoms with Gasteiger partial charge in [0.05, 0.1) is 53.4 Å². The number of sulfone groups is 1. The van der Waals surface area contributed by atoms with Crippen LogP contribution in [0.1, 0.15) is 62.6 Å². The molecule has 9 heterocycles. The molecule has 0 aliphatic carbocycles. The molecule has 0 spiro atoms. The summed E-state index contributed by atoms with van der Waals surface area (Å²) in [5.74, 6) is 2.27. The molecule has 10 aromatic carbocycles. The fourth-order valence-electron chi connectivity index (χ4n) is 14.1. The van der Waals surface area contributed by atoms with Crippen LogP contribution < -0.4 is 28.4 Å². The van der Waals surface area contributed by atoms with Crippen LogP contribution in [0.4, 0.5) is 17.6 Å². The number of halogens is 5. The Morgan fingerprint density at radius 3 is 1.15 bits per heavy atom. The summed E-state index contributed by atoms with van der Waals surface area (Å²) in [6.07, 6.45) is 6.75. The van der Waals surface area contributed by atoms with E-state index < -0.39 is 33.1 Å². The molecule has 23 nitrogen and oxygen atoms in total. The van der Waals surface area contributed by atoms with Crippen LogP contribution in [-0.2, 0) is 23.1 Å². The smallest absolute Gasteiger partial charge is 0.175 e. The molecule has 0 unspecified atom stereocenters. The fourth-order valence-corrected chi connectivity index (χ4v) is 15.5. The van der Waals surface area contributed by atoms with Crippen LogP contribution in [0.25, 0.3) is 87.2 Å². The average molecular weight is 1690 g/mol. The van der Waals surface area contributed by atoms with E-state index >= 15 is 4.39 Å². The zero-order valence-corrected chi connectivity index (χ0v) is 69.0. The molecule has 1 aliphatic heterocycles. The van der Waals surface area contributed by atoms with Gasteiger partial charge in [-0.2, -0.15) is 40.8 Å². The molecule has 620 valence electrons. The van der Waals surface area contributed by atoms with Gasteiger partial charge < -0.3 is 63.5 Å². The third kappa shape index (κ3) is 19.2. The van der Waals surface area contributed by atoms with Gasteiger partial charge in [-0.3, -0.25) is 0 Å². The molecule has 1 aliphatic rings. The molecule has 0 atom stereocenters. The standard InChI is InChI=1S/C25H27FN4O4S.C25H20FN3O2.C18H14FN3O2.C16H13ClN2O.C9H8FNO/c1-16-12-18-21(14-23(16)33-9-3-6-30-7-10-35(31,32)11-8-30)29-27-15-24(18)34-22-5-4-20-19(25(22)26)13-17(2)28-20;1-15-10-18-21(12-23(15)30-14-17-6-4-3-5-7-17)29-27-13-24(18)31-22-9-8-20-19(25(22)26)11-16(2)28-20;1-9-5-11-14(7-15(9)23)22-20-8-17(11)24-16-4-3-13-12(18(16)19)6-10(2)21-13;1-11-7-13-14(17)9-18-19-15(13)8-16(11)20-10-12-5-3-2-4-6-12;1-5-4-6-7(11-5)2-3-8(12)9(6)10/h4-5,12-15,28H,3,6-11H2,1-2H3;3-13,28H,14H2,1-2H3;3-8,21,23H,1-2H3;2-9H,10H2,1H3;2-4,11-12H,1H3. The zero-order chi connectivity index (χ0) is 85.5. The van der Waals surface area contributed by atoms with Crippen LogP contribution in [0.5, 0.6) is 63.2 Å². The lowest BCUT2D eigenvalue weighted by molar-refractivity contribution is 0.245. The number of nitrogens with zero attached hydrogens (tertiary/aromatic N) is 9. The monoisotopic (exact) mass is 1680 g/mol. The lowest BCUT2D eigenvalue weighted by atomic mass is 10.1. The van der Waals surface area contributed by atoms with Crippen molar-refractivity contribution in [2.75, 3.05) is 37.7 Å². The van der Waals surface area contributed by atoms with Gasteiger partial charge in [0, 0.05) is 132 Å².